The molecular formula is C14H22ClN5O. The van der Waals surface area contributed by atoms with Gasteiger partial charge in [0.25, 0.3) is 0 Å². The molecule has 1 amide bonds. The molecule has 1 unspecified atom stereocenters. The van der Waals surface area contributed by atoms with E-state index < -0.39 is 0 Å². The summed E-state index contributed by atoms with van der Waals surface area (Å²) >= 11 is 6.25. The lowest BCUT2D eigenvalue weighted by Gasteiger charge is -2.14. The van der Waals surface area contributed by atoms with Crippen LogP contribution in [0.5, 0.6) is 0 Å². The van der Waals surface area contributed by atoms with Gasteiger partial charge in [0.05, 0.1) is 11.1 Å². The Hall–Kier alpha value is -1.56. The molecule has 0 saturated carbocycles. The van der Waals surface area contributed by atoms with Crippen LogP contribution >= 0.6 is 11.6 Å². The van der Waals surface area contributed by atoms with Gasteiger partial charge in [0.1, 0.15) is 11.3 Å². The Morgan fingerprint density at radius 2 is 2.10 bits per heavy atom. The molecule has 0 spiro atoms. The van der Waals surface area contributed by atoms with E-state index in [9.17, 15) is 4.79 Å². The maximum Gasteiger partial charge on any atom is 0.223 e. The molecule has 2 heterocycles. The summed E-state index contributed by atoms with van der Waals surface area (Å²) in [5.41, 5.74) is 2.71. The monoisotopic (exact) mass is 311 g/mol. The predicted octanol–water partition coefficient (Wildman–Crippen LogP) is 2.34. The average Bonchev–Trinajstić information content (AvgIpc) is 2.94. The number of aryl methyl sites for hydroxylation is 3. The third-order valence-electron chi connectivity index (χ3n) is 3.53. The van der Waals surface area contributed by atoms with Crippen LogP contribution in [0.15, 0.2) is 0 Å². The Morgan fingerprint density at radius 3 is 2.62 bits per heavy atom. The second-order valence-corrected chi connectivity index (χ2v) is 6.00. The number of carbonyl (C=O) groups is 1. The number of hydrogen-bond donors (Lipinski definition) is 0. The van der Waals surface area contributed by atoms with Crippen LogP contribution in [0.4, 0.5) is 0 Å². The van der Waals surface area contributed by atoms with Crippen LogP contribution in [0.25, 0.3) is 11.2 Å². The number of alkyl halides is 1. The smallest absolute Gasteiger partial charge is 0.223 e. The van der Waals surface area contributed by atoms with E-state index in [1.54, 1.807) is 19.0 Å². The van der Waals surface area contributed by atoms with Gasteiger partial charge in [-0.15, -0.1) is 11.6 Å². The molecule has 2 rings (SSSR count). The first-order chi connectivity index (χ1) is 9.86. The van der Waals surface area contributed by atoms with Crippen molar-refractivity contribution in [2.45, 2.75) is 45.7 Å². The molecule has 7 heteroatoms. The highest BCUT2D eigenvalue weighted by molar-refractivity contribution is 6.20. The van der Waals surface area contributed by atoms with E-state index in [-0.39, 0.29) is 11.3 Å². The normalized spacial score (nSPS) is 12.9. The third kappa shape index (κ3) is 2.90. The molecule has 0 bridgehead atoms. The van der Waals surface area contributed by atoms with E-state index in [1.807, 2.05) is 30.0 Å². The summed E-state index contributed by atoms with van der Waals surface area (Å²) in [7, 11) is 3.52. The minimum absolute atomic E-state index is 0.0873. The molecule has 0 N–H and O–H groups in total. The summed E-state index contributed by atoms with van der Waals surface area (Å²) in [5, 5.41) is 4.27. The van der Waals surface area contributed by atoms with Crippen LogP contribution in [-0.4, -0.2) is 44.2 Å². The fourth-order valence-corrected chi connectivity index (χ4v) is 2.58. The second kappa shape index (κ2) is 6.05. The van der Waals surface area contributed by atoms with Gasteiger partial charge < -0.3 is 9.47 Å². The van der Waals surface area contributed by atoms with Gasteiger partial charge in [-0.05, 0) is 20.8 Å². The van der Waals surface area contributed by atoms with Crippen molar-refractivity contribution in [2.24, 2.45) is 0 Å². The summed E-state index contributed by atoms with van der Waals surface area (Å²) in [5.74, 6) is 0.880. The molecule has 0 aliphatic carbocycles. The molecule has 0 radical (unpaired) electrons. The van der Waals surface area contributed by atoms with Crippen molar-refractivity contribution in [3.8, 4) is 0 Å². The highest BCUT2D eigenvalue weighted by Crippen LogP contribution is 2.26. The molecule has 6 nitrogen and oxygen atoms in total. The molecule has 0 aliphatic heterocycles. The van der Waals surface area contributed by atoms with Crippen molar-refractivity contribution in [1.29, 1.82) is 0 Å². The van der Waals surface area contributed by atoms with E-state index >= 15 is 0 Å². The molecule has 21 heavy (non-hydrogen) atoms. The zero-order valence-electron chi connectivity index (χ0n) is 13.2. The number of rotatable bonds is 5. The number of amides is 1. The topological polar surface area (TPSA) is 56.0 Å². The maximum atomic E-state index is 11.9. The highest BCUT2D eigenvalue weighted by atomic mass is 35.5. The third-order valence-corrected chi connectivity index (χ3v) is 3.73. The zero-order chi connectivity index (χ0) is 15.7. The van der Waals surface area contributed by atoms with Crippen molar-refractivity contribution < 1.29 is 4.79 Å². The van der Waals surface area contributed by atoms with E-state index in [0.29, 0.717) is 13.0 Å². The quantitative estimate of drug-likeness (QED) is 0.796. The standard InChI is InChI=1S/C14H22ClN5O/c1-6-20-14-12(10(3)17-20)16-13(9(2)15)19(14)8-7-11(21)18(4)5/h9H,6-8H2,1-5H3. The Kier molecular flexibility index (Phi) is 4.56. The predicted molar refractivity (Wildman–Crippen MR) is 83.5 cm³/mol. The highest BCUT2D eigenvalue weighted by Gasteiger charge is 2.21. The number of carbonyl (C=O) groups excluding carboxylic acids is 1. The lowest BCUT2D eigenvalue weighted by Crippen LogP contribution is -2.23. The van der Waals surface area contributed by atoms with E-state index in [0.717, 1.165) is 29.2 Å². The number of fused-ring (bicyclic) bond motifs is 1. The summed E-state index contributed by atoms with van der Waals surface area (Å²) in [6, 6.07) is 0. The average molecular weight is 312 g/mol. The van der Waals surface area contributed by atoms with Crippen LogP contribution in [0.2, 0.25) is 0 Å². The van der Waals surface area contributed by atoms with Crippen LogP contribution in [-0.2, 0) is 17.9 Å². The SMILES string of the molecule is CCn1nc(C)c2nc(C(C)Cl)n(CCC(=O)N(C)C)c21. The summed E-state index contributed by atoms with van der Waals surface area (Å²) in [6.07, 6.45) is 0.420. The second-order valence-electron chi connectivity index (χ2n) is 5.35. The van der Waals surface area contributed by atoms with Crippen LogP contribution in [0.3, 0.4) is 0 Å². The largest absolute Gasteiger partial charge is 0.349 e. The minimum atomic E-state index is -0.212. The first-order valence-electron chi connectivity index (χ1n) is 7.14. The summed E-state index contributed by atoms with van der Waals surface area (Å²) < 4.78 is 3.94. The van der Waals surface area contributed by atoms with Crippen molar-refractivity contribution in [3.05, 3.63) is 11.5 Å². The first kappa shape index (κ1) is 15.8. The van der Waals surface area contributed by atoms with Crippen LogP contribution in [0, 0.1) is 6.92 Å². The zero-order valence-corrected chi connectivity index (χ0v) is 14.0. The summed E-state index contributed by atoms with van der Waals surface area (Å²) in [6.45, 7) is 7.20. The fourth-order valence-electron chi connectivity index (χ4n) is 2.42. The van der Waals surface area contributed by atoms with E-state index in [4.69, 9.17) is 11.6 Å². The van der Waals surface area contributed by atoms with Crippen molar-refractivity contribution in [1.82, 2.24) is 24.2 Å². The van der Waals surface area contributed by atoms with Gasteiger partial charge in [0.15, 0.2) is 5.65 Å². The van der Waals surface area contributed by atoms with Gasteiger partial charge in [0, 0.05) is 33.6 Å². The first-order valence-corrected chi connectivity index (χ1v) is 7.58. The van der Waals surface area contributed by atoms with Gasteiger partial charge in [-0.3, -0.25) is 4.79 Å². The van der Waals surface area contributed by atoms with Gasteiger partial charge in [-0.2, -0.15) is 5.10 Å². The van der Waals surface area contributed by atoms with E-state index in [2.05, 4.69) is 10.1 Å². The van der Waals surface area contributed by atoms with Gasteiger partial charge in [-0.25, -0.2) is 9.67 Å². The minimum Gasteiger partial charge on any atom is -0.349 e. The van der Waals surface area contributed by atoms with Gasteiger partial charge in [0.2, 0.25) is 5.91 Å². The molecule has 0 fully saturated rings. The number of nitrogens with zero attached hydrogens (tertiary/aromatic N) is 5. The van der Waals surface area contributed by atoms with Crippen LogP contribution in [0.1, 0.15) is 37.2 Å². The molecule has 116 valence electrons. The van der Waals surface area contributed by atoms with Crippen molar-refractivity contribution in [3.63, 3.8) is 0 Å². The number of halogens is 1. The molecule has 2 aromatic heterocycles. The van der Waals surface area contributed by atoms with Crippen molar-refractivity contribution >= 4 is 28.7 Å². The Balaban J connectivity index is 2.47. The lowest BCUT2D eigenvalue weighted by atomic mass is 10.3. The van der Waals surface area contributed by atoms with Crippen LogP contribution < -0.4 is 0 Å². The maximum absolute atomic E-state index is 11.9. The Labute approximate surface area is 129 Å². The fraction of sp³-hybridized carbons (Fsp3) is 0.643. The van der Waals surface area contributed by atoms with Gasteiger partial charge in [-0.1, -0.05) is 0 Å². The summed E-state index contributed by atoms with van der Waals surface area (Å²) in [4.78, 5) is 18.1. The lowest BCUT2D eigenvalue weighted by molar-refractivity contribution is -0.128. The van der Waals surface area contributed by atoms with Gasteiger partial charge >= 0.3 is 0 Å². The Bertz CT molecular complexity index is 656. The molecule has 0 saturated heterocycles. The van der Waals surface area contributed by atoms with E-state index in [1.165, 1.54) is 0 Å². The number of imidazole rings is 1. The molecular weight excluding hydrogens is 290 g/mol. The molecule has 0 aromatic carbocycles. The molecule has 0 aliphatic rings. The Morgan fingerprint density at radius 1 is 1.43 bits per heavy atom. The number of aromatic nitrogens is 4. The molecule has 1 atom stereocenters. The number of hydrogen-bond acceptors (Lipinski definition) is 3. The molecule has 2 aromatic rings. The van der Waals surface area contributed by atoms with Crippen molar-refractivity contribution in [2.75, 3.05) is 14.1 Å².